The van der Waals surface area contributed by atoms with E-state index < -0.39 is 5.60 Å². The molecule has 32 heavy (non-hydrogen) atoms. The molecule has 2 aliphatic heterocycles. The Labute approximate surface area is 188 Å². The second kappa shape index (κ2) is 8.78. The van der Waals surface area contributed by atoms with E-state index >= 15 is 0 Å². The lowest BCUT2D eigenvalue weighted by atomic mass is 9.84. The van der Waals surface area contributed by atoms with Gasteiger partial charge < -0.3 is 15.0 Å². The third-order valence-corrected chi connectivity index (χ3v) is 6.36. The number of likely N-dealkylation sites (tertiary alicyclic amines) is 1. The number of hydrogen-bond donors (Lipinski definition) is 1. The standard InChI is InChI=1S/C23H33FN6O2/c1-17(18-5-6-20(25-13-18)30-15-19(24)14-27-30)29-12-9-26-23(16-29)7-10-28(11-8-23)21(31)32-22(2,3)4/h5-6,13-15,17,26H,7-12,16H2,1-4H3/t17-/m0/s1. The van der Waals surface area contributed by atoms with E-state index in [4.69, 9.17) is 4.74 Å². The number of ether oxygens (including phenoxy) is 1. The molecule has 2 fully saturated rings. The quantitative estimate of drug-likeness (QED) is 0.784. The van der Waals surface area contributed by atoms with Gasteiger partial charge in [-0.25, -0.2) is 18.9 Å². The predicted octanol–water partition coefficient (Wildman–Crippen LogP) is 3.14. The zero-order valence-electron chi connectivity index (χ0n) is 19.3. The molecule has 174 valence electrons. The Morgan fingerprint density at radius 1 is 1.22 bits per heavy atom. The number of nitrogens with one attached hydrogen (secondary N) is 1. The summed E-state index contributed by atoms with van der Waals surface area (Å²) in [6, 6.07) is 4.11. The summed E-state index contributed by atoms with van der Waals surface area (Å²) >= 11 is 0. The lowest BCUT2D eigenvalue weighted by Crippen LogP contribution is -2.64. The molecule has 0 unspecified atom stereocenters. The van der Waals surface area contributed by atoms with Crippen LogP contribution in [0.25, 0.3) is 5.82 Å². The first-order chi connectivity index (χ1) is 15.1. The minimum atomic E-state index is -0.475. The number of halogens is 1. The Hall–Kier alpha value is -2.52. The lowest BCUT2D eigenvalue weighted by molar-refractivity contribution is 0.00470. The average molecular weight is 445 g/mol. The van der Waals surface area contributed by atoms with Crippen LogP contribution < -0.4 is 5.32 Å². The Bertz CT molecular complexity index is 931. The molecule has 9 heteroatoms. The van der Waals surface area contributed by atoms with E-state index in [1.165, 1.54) is 17.1 Å². The Kier molecular flexibility index (Phi) is 6.22. The summed E-state index contributed by atoms with van der Waals surface area (Å²) in [4.78, 5) is 21.2. The number of hydrogen-bond acceptors (Lipinski definition) is 6. The summed E-state index contributed by atoms with van der Waals surface area (Å²) in [6.07, 6.45) is 5.91. The van der Waals surface area contributed by atoms with Crippen molar-refractivity contribution in [3.05, 3.63) is 42.1 Å². The van der Waals surface area contributed by atoms with Crippen LogP contribution in [-0.4, -0.2) is 74.5 Å². The number of nitrogens with zero attached hydrogens (tertiary/aromatic N) is 5. The number of carbonyl (C=O) groups excluding carboxylic acids is 1. The number of aromatic nitrogens is 3. The summed E-state index contributed by atoms with van der Waals surface area (Å²) in [7, 11) is 0. The molecule has 0 aromatic carbocycles. The third kappa shape index (κ3) is 5.10. The van der Waals surface area contributed by atoms with E-state index in [-0.39, 0.29) is 23.5 Å². The summed E-state index contributed by atoms with van der Waals surface area (Å²) in [5.74, 6) is 0.212. The molecule has 0 saturated carbocycles. The molecule has 0 bridgehead atoms. The van der Waals surface area contributed by atoms with Crippen LogP contribution in [0.3, 0.4) is 0 Å². The highest BCUT2D eigenvalue weighted by molar-refractivity contribution is 5.68. The fourth-order valence-corrected chi connectivity index (χ4v) is 4.51. The van der Waals surface area contributed by atoms with Gasteiger partial charge in [-0.1, -0.05) is 6.07 Å². The van der Waals surface area contributed by atoms with Crippen LogP contribution in [0.5, 0.6) is 0 Å². The van der Waals surface area contributed by atoms with Crippen LogP contribution in [0.4, 0.5) is 9.18 Å². The first-order valence-corrected chi connectivity index (χ1v) is 11.3. The van der Waals surface area contributed by atoms with E-state index in [1.54, 1.807) is 0 Å². The lowest BCUT2D eigenvalue weighted by Gasteiger charge is -2.49. The Morgan fingerprint density at radius 2 is 1.97 bits per heavy atom. The van der Waals surface area contributed by atoms with Crippen LogP contribution >= 0.6 is 0 Å². The molecule has 2 saturated heterocycles. The summed E-state index contributed by atoms with van der Waals surface area (Å²) in [5, 5.41) is 7.70. The number of rotatable bonds is 3. The van der Waals surface area contributed by atoms with Crippen molar-refractivity contribution in [3.63, 3.8) is 0 Å². The van der Waals surface area contributed by atoms with Crippen LogP contribution in [-0.2, 0) is 4.74 Å². The zero-order valence-corrected chi connectivity index (χ0v) is 19.3. The molecule has 1 N–H and O–H groups in total. The molecule has 1 spiro atoms. The molecule has 8 nitrogen and oxygen atoms in total. The molecule has 4 rings (SSSR count). The SMILES string of the molecule is C[C@@H](c1ccc(-n2cc(F)cn2)nc1)N1CCNC2(CCN(C(=O)OC(C)(C)C)CC2)C1. The van der Waals surface area contributed by atoms with Crippen molar-refractivity contribution < 1.29 is 13.9 Å². The van der Waals surface area contributed by atoms with Crippen molar-refractivity contribution in [2.24, 2.45) is 0 Å². The van der Waals surface area contributed by atoms with Gasteiger partial charge in [0.05, 0.1) is 12.4 Å². The van der Waals surface area contributed by atoms with Gasteiger partial charge in [-0.15, -0.1) is 0 Å². The van der Waals surface area contributed by atoms with E-state index in [0.29, 0.717) is 18.9 Å². The van der Waals surface area contributed by atoms with Gasteiger partial charge in [-0.05, 0) is 52.2 Å². The number of amides is 1. The van der Waals surface area contributed by atoms with Crippen LogP contribution in [0.1, 0.15) is 52.1 Å². The minimum Gasteiger partial charge on any atom is -0.444 e. The number of carbonyl (C=O) groups is 1. The molecule has 0 aliphatic carbocycles. The predicted molar refractivity (Wildman–Crippen MR) is 119 cm³/mol. The highest BCUT2D eigenvalue weighted by Gasteiger charge is 2.41. The van der Waals surface area contributed by atoms with Crippen LogP contribution in [0, 0.1) is 5.82 Å². The van der Waals surface area contributed by atoms with Crippen molar-refractivity contribution in [1.82, 2.24) is 29.9 Å². The summed E-state index contributed by atoms with van der Waals surface area (Å²) in [5.41, 5.74) is 0.645. The molecular weight excluding hydrogens is 411 g/mol. The Balaban J connectivity index is 1.37. The van der Waals surface area contributed by atoms with Gasteiger partial charge in [0.15, 0.2) is 11.6 Å². The molecule has 4 heterocycles. The number of piperazine rings is 1. The fourth-order valence-electron chi connectivity index (χ4n) is 4.51. The second-order valence-corrected chi connectivity index (χ2v) is 9.87. The van der Waals surface area contributed by atoms with Crippen molar-refractivity contribution >= 4 is 6.09 Å². The van der Waals surface area contributed by atoms with E-state index in [2.05, 4.69) is 27.2 Å². The molecule has 2 aromatic heterocycles. The molecule has 0 radical (unpaired) electrons. The smallest absolute Gasteiger partial charge is 0.410 e. The monoisotopic (exact) mass is 444 g/mol. The van der Waals surface area contributed by atoms with Crippen molar-refractivity contribution in [2.75, 3.05) is 32.7 Å². The van der Waals surface area contributed by atoms with E-state index in [9.17, 15) is 9.18 Å². The summed E-state index contributed by atoms with van der Waals surface area (Å²) < 4.78 is 20.2. The Morgan fingerprint density at radius 3 is 2.56 bits per heavy atom. The topological polar surface area (TPSA) is 75.5 Å². The maximum atomic E-state index is 13.2. The highest BCUT2D eigenvalue weighted by Crippen LogP contribution is 2.31. The number of pyridine rings is 1. The van der Waals surface area contributed by atoms with E-state index in [0.717, 1.165) is 38.0 Å². The summed E-state index contributed by atoms with van der Waals surface area (Å²) in [6.45, 7) is 12.1. The van der Waals surface area contributed by atoms with Gasteiger partial charge in [-0.2, -0.15) is 5.10 Å². The van der Waals surface area contributed by atoms with Gasteiger partial charge in [-0.3, -0.25) is 4.90 Å². The zero-order chi connectivity index (χ0) is 22.9. The average Bonchev–Trinajstić information content (AvgIpc) is 3.19. The van der Waals surface area contributed by atoms with Crippen molar-refractivity contribution in [3.8, 4) is 5.82 Å². The molecule has 2 aromatic rings. The third-order valence-electron chi connectivity index (χ3n) is 6.36. The van der Waals surface area contributed by atoms with Gasteiger partial charge in [0.25, 0.3) is 0 Å². The maximum Gasteiger partial charge on any atom is 0.410 e. The minimum absolute atomic E-state index is 0.00494. The van der Waals surface area contributed by atoms with E-state index in [1.807, 2.05) is 44.0 Å². The van der Waals surface area contributed by atoms with Gasteiger partial charge in [0.1, 0.15) is 5.60 Å². The second-order valence-electron chi connectivity index (χ2n) is 9.87. The van der Waals surface area contributed by atoms with Crippen molar-refractivity contribution in [1.29, 1.82) is 0 Å². The maximum absolute atomic E-state index is 13.2. The number of piperidine rings is 1. The largest absolute Gasteiger partial charge is 0.444 e. The first-order valence-electron chi connectivity index (χ1n) is 11.3. The van der Waals surface area contributed by atoms with Crippen LogP contribution in [0.2, 0.25) is 0 Å². The van der Waals surface area contributed by atoms with Gasteiger partial charge in [0.2, 0.25) is 0 Å². The highest BCUT2D eigenvalue weighted by atomic mass is 19.1. The van der Waals surface area contributed by atoms with Gasteiger partial charge in [0, 0.05) is 50.5 Å². The molecular formula is C23H33FN6O2. The normalized spacial score (nSPS) is 20.3. The van der Waals surface area contributed by atoms with Gasteiger partial charge >= 0.3 is 6.09 Å². The molecule has 1 atom stereocenters. The fraction of sp³-hybridized carbons (Fsp3) is 0.609. The molecule has 2 aliphatic rings. The van der Waals surface area contributed by atoms with Crippen LogP contribution in [0.15, 0.2) is 30.7 Å². The first kappa shape index (κ1) is 22.7. The molecule has 1 amide bonds. The van der Waals surface area contributed by atoms with Crippen molar-refractivity contribution in [2.45, 2.75) is 57.7 Å².